The molecule has 0 saturated carbocycles. The smallest absolute Gasteiger partial charge is 0.345 e. The molecule has 3 heterocycles. The molecule has 0 amide bonds. The molecule has 7 heteroatoms. The van der Waals surface area contributed by atoms with Gasteiger partial charge in [0.2, 0.25) is 6.79 Å². The zero-order chi connectivity index (χ0) is 18.8. The van der Waals surface area contributed by atoms with Crippen LogP contribution in [0.3, 0.4) is 0 Å². The lowest BCUT2D eigenvalue weighted by molar-refractivity contribution is 0.0702. The molecule has 138 valence electrons. The molecule has 4 rings (SSSR count). The Labute approximate surface area is 160 Å². The van der Waals surface area contributed by atoms with Crippen molar-refractivity contribution in [3.63, 3.8) is 0 Å². The first-order valence-corrected chi connectivity index (χ1v) is 9.26. The van der Waals surface area contributed by atoms with Crippen molar-refractivity contribution >= 4 is 17.3 Å². The van der Waals surface area contributed by atoms with Crippen molar-refractivity contribution in [2.24, 2.45) is 0 Å². The van der Waals surface area contributed by atoms with Crippen molar-refractivity contribution in [3.05, 3.63) is 64.7 Å². The summed E-state index contributed by atoms with van der Waals surface area (Å²) in [6, 6.07) is 15.2. The molecule has 0 saturated heterocycles. The van der Waals surface area contributed by atoms with E-state index in [2.05, 4.69) is 9.88 Å². The van der Waals surface area contributed by atoms with Crippen molar-refractivity contribution < 1.29 is 19.4 Å². The summed E-state index contributed by atoms with van der Waals surface area (Å²) in [6.07, 6.45) is 0. The predicted molar refractivity (Wildman–Crippen MR) is 102 cm³/mol. The van der Waals surface area contributed by atoms with Crippen LogP contribution >= 0.6 is 11.3 Å². The maximum absolute atomic E-state index is 11.1. The Balaban J connectivity index is 1.45. The Morgan fingerprint density at radius 1 is 1.15 bits per heavy atom. The second-order valence-corrected chi connectivity index (χ2v) is 7.43. The third kappa shape index (κ3) is 3.94. The van der Waals surface area contributed by atoms with Crippen molar-refractivity contribution in [1.82, 2.24) is 9.88 Å². The zero-order valence-electron chi connectivity index (χ0n) is 14.7. The van der Waals surface area contributed by atoms with Crippen LogP contribution in [-0.2, 0) is 13.1 Å². The van der Waals surface area contributed by atoms with Gasteiger partial charge in [-0.2, -0.15) is 0 Å². The Morgan fingerprint density at radius 2 is 2.00 bits per heavy atom. The van der Waals surface area contributed by atoms with Crippen LogP contribution in [0.5, 0.6) is 11.5 Å². The second-order valence-electron chi connectivity index (χ2n) is 6.34. The number of aromatic carboxylic acids is 1. The molecular weight excluding hydrogens is 364 g/mol. The number of pyridine rings is 1. The average molecular weight is 382 g/mol. The van der Waals surface area contributed by atoms with Crippen molar-refractivity contribution in [3.8, 4) is 22.1 Å². The fourth-order valence-corrected chi connectivity index (χ4v) is 3.79. The van der Waals surface area contributed by atoms with Crippen LogP contribution in [-0.4, -0.2) is 34.8 Å². The van der Waals surface area contributed by atoms with Crippen LogP contribution < -0.4 is 9.47 Å². The number of thiophene rings is 1. The normalized spacial score (nSPS) is 12.5. The van der Waals surface area contributed by atoms with Gasteiger partial charge in [-0.1, -0.05) is 12.1 Å². The van der Waals surface area contributed by atoms with E-state index in [4.69, 9.17) is 14.6 Å². The van der Waals surface area contributed by atoms with Crippen LogP contribution in [0.2, 0.25) is 0 Å². The Kier molecular flexibility index (Phi) is 4.79. The number of carboxylic acids is 1. The van der Waals surface area contributed by atoms with E-state index in [0.29, 0.717) is 11.4 Å². The Bertz CT molecular complexity index is 986. The van der Waals surface area contributed by atoms with Gasteiger partial charge in [0.25, 0.3) is 0 Å². The highest BCUT2D eigenvalue weighted by molar-refractivity contribution is 7.17. The molecule has 0 aliphatic carbocycles. The number of fused-ring (bicyclic) bond motifs is 1. The fraction of sp³-hybridized carbons (Fsp3) is 0.200. The molecule has 0 fully saturated rings. The molecule has 2 aromatic heterocycles. The quantitative estimate of drug-likeness (QED) is 0.698. The van der Waals surface area contributed by atoms with E-state index in [9.17, 15) is 4.79 Å². The van der Waals surface area contributed by atoms with E-state index in [0.717, 1.165) is 39.9 Å². The molecule has 27 heavy (non-hydrogen) atoms. The van der Waals surface area contributed by atoms with Crippen molar-refractivity contribution in [1.29, 1.82) is 0 Å². The van der Waals surface area contributed by atoms with Gasteiger partial charge in [0.05, 0.1) is 16.3 Å². The lowest BCUT2D eigenvalue weighted by atomic mass is 10.2. The van der Waals surface area contributed by atoms with Gasteiger partial charge in [-0.15, -0.1) is 11.3 Å². The molecule has 3 aromatic rings. The summed E-state index contributed by atoms with van der Waals surface area (Å²) in [4.78, 5) is 19.1. The summed E-state index contributed by atoms with van der Waals surface area (Å²) in [5.41, 5.74) is 2.87. The predicted octanol–water partition coefficient (Wildman–Crippen LogP) is 3.87. The minimum atomic E-state index is -0.911. The van der Waals surface area contributed by atoms with Crippen LogP contribution in [0.15, 0.2) is 48.5 Å². The van der Waals surface area contributed by atoms with E-state index in [1.54, 1.807) is 12.1 Å². The topological polar surface area (TPSA) is 71.9 Å². The van der Waals surface area contributed by atoms with Crippen molar-refractivity contribution in [2.45, 2.75) is 13.1 Å². The van der Waals surface area contributed by atoms with Gasteiger partial charge in [-0.25, -0.2) is 4.79 Å². The number of aromatic nitrogens is 1. The highest BCUT2D eigenvalue weighted by Crippen LogP contribution is 2.33. The van der Waals surface area contributed by atoms with Crippen molar-refractivity contribution in [2.75, 3.05) is 13.8 Å². The SMILES string of the molecule is CN(Cc1ccc2c(c1)OCO2)Cc1cccc(-c2ccc(C(=O)O)s2)n1. The number of hydrogen-bond acceptors (Lipinski definition) is 6. The molecule has 0 unspecified atom stereocenters. The van der Waals surface area contributed by atoms with Crippen LogP contribution in [0.4, 0.5) is 0 Å². The molecule has 1 aliphatic rings. The van der Waals surface area contributed by atoms with Gasteiger partial charge in [-0.3, -0.25) is 9.88 Å². The summed E-state index contributed by atoms with van der Waals surface area (Å²) in [6.45, 7) is 1.71. The fourth-order valence-electron chi connectivity index (χ4n) is 2.98. The molecule has 0 bridgehead atoms. The summed E-state index contributed by atoms with van der Waals surface area (Å²) >= 11 is 1.23. The second kappa shape index (κ2) is 7.38. The van der Waals surface area contributed by atoms with E-state index in [-0.39, 0.29) is 6.79 Å². The zero-order valence-corrected chi connectivity index (χ0v) is 15.5. The van der Waals surface area contributed by atoms with Crippen LogP contribution in [0.1, 0.15) is 20.9 Å². The van der Waals surface area contributed by atoms with Gasteiger partial charge in [0, 0.05) is 13.1 Å². The number of nitrogens with zero attached hydrogens (tertiary/aromatic N) is 2. The molecule has 1 N–H and O–H groups in total. The number of carbonyl (C=O) groups is 1. The lowest BCUT2D eigenvalue weighted by Gasteiger charge is -2.17. The largest absolute Gasteiger partial charge is 0.477 e. The van der Waals surface area contributed by atoms with Crippen LogP contribution in [0, 0.1) is 0 Å². The summed E-state index contributed by atoms with van der Waals surface area (Å²) in [7, 11) is 2.03. The number of hydrogen-bond donors (Lipinski definition) is 1. The summed E-state index contributed by atoms with van der Waals surface area (Å²) < 4.78 is 10.8. The first-order valence-electron chi connectivity index (χ1n) is 8.45. The summed E-state index contributed by atoms with van der Waals surface area (Å²) in [5.74, 6) is 0.659. The molecule has 6 nitrogen and oxygen atoms in total. The molecular formula is C20H18N2O4S. The Hall–Kier alpha value is -2.90. The molecule has 0 radical (unpaired) electrons. The lowest BCUT2D eigenvalue weighted by Crippen LogP contribution is -2.18. The number of carboxylic acid groups (broad SMARTS) is 1. The summed E-state index contributed by atoms with van der Waals surface area (Å²) in [5, 5.41) is 9.08. The van der Waals surface area contributed by atoms with E-state index < -0.39 is 5.97 Å². The maximum Gasteiger partial charge on any atom is 0.345 e. The first kappa shape index (κ1) is 17.5. The van der Waals surface area contributed by atoms with E-state index >= 15 is 0 Å². The number of ether oxygens (including phenoxy) is 2. The molecule has 0 spiro atoms. The first-order chi connectivity index (χ1) is 13.1. The highest BCUT2D eigenvalue weighted by Gasteiger charge is 2.14. The minimum Gasteiger partial charge on any atom is -0.477 e. The molecule has 1 aliphatic heterocycles. The van der Waals surface area contributed by atoms with Gasteiger partial charge in [0.15, 0.2) is 11.5 Å². The van der Waals surface area contributed by atoms with Gasteiger partial charge in [-0.05, 0) is 49.0 Å². The number of rotatable bonds is 6. The molecule has 0 atom stereocenters. The highest BCUT2D eigenvalue weighted by atomic mass is 32.1. The van der Waals surface area contributed by atoms with E-state index in [1.807, 2.05) is 43.4 Å². The third-order valence-electron chi connectivity index (χ3n) is 4.20. The monoisotopic (exact) mass is 382 g/mol. The average Bonchev–Trinajstić information content (AvgIpc) is 3.31. The van der Waals surface area contributed by atoms with Gasteiger partial charge >= 0.3 is 5.97 Å². The third-order valence-corrected chi connectivity index (χ3v) is 5.29. The van der Waals surface area contributed by atoms with Gasteiger partial charge < -0.3 is 14.6 Å². The van der Waals surface area contributed by atoms with Gasteiger partial charge in [0.1, 0.15) is 4.88 Å². The van der Waals surface area contributed by atoms with E-state index in [1.165, 1.54) is 11.3 Å². The minimum absolute atomic E-state index is 0.275. The standard InChI is InChI=1S/C20H18N2O4S/c1-22(10-13-5-6-16-17(9-13)26-12-25-16)11-14-3-2-4-15(21-14)18-7-8-19(27-18)20(23)24/h2-9H,10-12H2,1H3,(H,23,24). The number of benzene rings is 1. The maximum atomic E-state index is 11.1. The Morgan fingerprint density at radius 3 is 2.81 bits per heavy atom. The van der Waals surface area contributed by atoms with Crippen LogP contribution in [0.25, 0.3) is 10.6 Å². The molecule has 1 aromatic carbocycles.